The van der Waals surface area contributed by atoms with Crippen LogP contribution in [0.15, 0.2) is 12.7 Å². The molecule has 0 saturated heterocycles. The van der Waals surface area contributed by atoms with Crippen molar-refractivity contribution in [2.75, 3.05) is 6.54 Å². The van der Waals surface area contributed by atoms with E-state index < -0.39 is 0 Å². The number of aromatic nitrogens is 3. The van der Waals surface area contributed by atoms with Crippen molar-refractivity contribution in [3.8, 4) is 0 Å². The Labute approximate surface area is 78.1 Å². The third-order valence-electron chi connectivity index (χ3n) is 2.90. The van der Waals surface area contributed by atoms with Crippen LogP contribution >= 0.6 is 0 Å². The highest BCUT2D eigenvalue weighted by Gasteiger charge is 2.25. The van der Waals surface area contributed by atoms with Gasteiger partial charge < -0.3 is 5.73 Å². The Bertz CT molecular complexity index is 244. The molecule has 4 heteroatoms. The molecular weight excluding hydrogens is 164 g/mol. The molecule has 2 atom stereocenters. The molecule has 72 valence electrons. The summed E-state index contributed by atoms with van der Waals surface area (Å²) in [4.78, 5) is 3.96. The van der Waals surface area contributed by atoms with Gasteiger partial charge in [0.05, 0.1) is 6.04 Å². The van der Waals surface area contributed by atoms with E-state index >= 15 is 0 Å². The van der Waals surface area contributed by atoms with Gasteiger partial charge in [-0.1, -0.05) is 0 Å². The van der Waals surface area contributed by atoms with Gasteiger partial charge in [0, 0.05) is 0 Å². The van der Waals surface area contributed by atoms with Crippen LogP contribution in [0.4, 0.5) is 0 Å². The quantitative estimate of drug-likeness (QED) is 0.754. The van der Waals surface area contributed by atoms with E-state index in [0.717, 1.165) is 18.9 Å². The average molecular weight is 180 g/mol. The number of nitrogens with two attached hydrogens (primary N) is 1. The van der Waals surface area contributed by atoms with Gasteiger partial charge in [-0.05, 0) is 38.1 Å². The third-order valence-corrected chi connectivity index (χ3v) is 2.90. The highest BCUT2D eigenvalue weighted by molar-refractivity contribution is 4.80. The second-order valence-corrected chi connectivity index (χ2v) is 3.79. The highest BCUT2D eigenvalue weighted by Crippen LogP contribution is 2.35. The molecule has 2 rings (SSSR count). The first-order chi connectivity index (χ1) is 6.40. The summed E-state index contributed by atoms with van der Waals surface area (Å²) in [7, 11) is 0. The van der Waals surface area contributed by atoms with Crippen LogP contribution in [0.25, 0.3) is 0 Å². The van der Waals surface area contributed by atoms with E-state index in [1.807, 2.05) is 11.0 Å². The number of hydrogen-bond donors (Lipinski definition) is 1. The molecule has 1 saturated carbocycles. The van der Waals surface area contributed by atoms with Gasteiger partial charge in [0.2, 0.25) is 0 Å². The summed E-state index contributed by atoms with van der Waals surface area (Å²) in [6.07, 6.45) is 8.33. The maximum Gasteiger partial charge on any atom is 0.137 e. The minimum Gasteiger partial charge on any atom is -0.330 e. The molecule has 13 heavy (non-hydrogen) atoms. The summed E-state index contributed by atoms with van der Waals surface area (Å²) in [6, 6.07) is 0.569. The first-order valence-corrected chi connectivity index (χ1v) is 4.94. The molecule has 1 heterocycles. The van der Waals surface area contributed by atoms with Crippen molar-refractivity contribution >= 4 is 0 Å². The Morgan fingerprint density at radius 1 is 1.46 bits per heavy atom. The first kappa shape index (κ1) is 8.69. The topological polar surface area (TPSA) is 56.7 Å². The second kappa shape index (κ2) is 3.87. The van der Waals surface area contributed by atoms with Gasteiger partial charge in [-0.2, -0.15) is 5.10 Å². The lowest BCUT2D eigenvalue weighted by atomic mass is 10.0. The predicted molar refractivity (Wildman–Crippen MR) is 50.1 cm³/mol. The van der Waals surface area contributed by atoms with Crippen LogP contribution in [-0.2, 0) is 0 Å². The molecule has 0 bridgehead atoms. The zero-order valence-corrected chi connectivity index (χ0v) is 7.76. The van der Waals surface area contributed by atoms with Gasteiger partial charge in [-0.25, -0.2) is 9.67 Å². The molecule has 1 aromatic heterocycles. The molecule has 4 nitrogen and oxygen atoms in total. The smallest absolute Gasteiger partial charge is 0.137 e. The lowest BCUT2D eigenvalue weighted by Crippen LogP contribution is -2.08. The standard InChI is InChI=1S/C9H16N4/c10-4-3-8-1-2-9(5-8)13-7-11-6-12-13/h6-9H,1-5,10H2. The summed E-state index contributed by atoms with van der Waals surface area (Å²) in [5.74, 6) is 0.805. The van der Waals surface area contributed by atoms with Gasteiger partial charge in [0.1, 0.15) is 12.7 Å². The van der Waals surface area contributed by atoms with Crippen LogP contribution in [0.1, 0.15) is 31.7 Å². The van der Waals surface area contributed by atoms with Gasteiger partial charge in [-0.15, -0.1) is 0 Å². The van der Waals surface area contributed by atoms with Crippen molar-refractivity contribution in [1.29, 1.82) is 0 Å². The Hall–Kier alpha value is -0.900. The molecule has 0 aliphatic heterocycles. The van der Waals surface area contributed by atoms with Crippen molar-refractivity contribution in [1.82, 2.24) is 14.8 Å². The van der Waals surface area contributed by atoms with Crippen molar-refractivity contribution in [2.45, 2.75) is 31.7 Å². The van der Waals surface area contributed by atoms with Crippen LogP contribution in [-0.4, -0.2) is 21.3 Å². The summed E-state index contributed by atoms with van der Waals surface area (Å²) in [5.41, 5.74) is 5.54. The van der Waals surface area contributed by atoms with Crippen molar-refractivity contribution in [3.63, 3.8) is 0 Å². The summed E-state index contributed by atoms with van der Waals surface area (Å²) >= 11 is 0. The Kier molecular flexibility index (Phi) is 2.59. The molecule has 0 amide bonds. The SMILES string of the molecule is NCCC1CCC(n2cncn2)C1. The molecule has 1 fully saturated rings. The zero-order valence-electron chi connectivity index (χ0n) is 7.76. The van der Waals surface area contributed by atoms with Gasteiger partial charge in [0.25, 0.3) is 0 Å². The normalized spacial score (nSPS) is 28.1. The second-order valence-electron chi connectivity index (χ2n) is 3.79. The Morgan fingerprint density at radius 3 is 3.08 bits per heavy atom. The van der Waals surface area contributed by atoms with Crippen LogP contribution in [0.3, 0.4) is 0 Å². The van der Waals surface area contributed by atoms with Crippen molar-refractivity contribution in [3.05, 3.63) is 12.7 Å². The van der Waals surface area contributed by atoms with Gasteiger partial charge in [-0.3, -0.25) is 0 Å². The minimum atomic E-state index is 0.569. The van der Waals surface area contributed by atoms with Crippen LogP contribution in [0, 0.1) is 5.92 Å². The number of rotatable bonds is 3. The van der Waals surface area contributed by atoms with Crippen LogP contribution in [0.5, 0.6) is 0 Å². The van der Waals surface area contributed by atoms with Gasteiger partial charge >= 0.3 is 0 Å². The van der Waals surface area contributed by atoms with E-state index in [2.05, 4.69) is 10.1 Å². The molecule has 2 N–H and O–H groups in total. The zero-order chi connectivity index (χ0) is 9.10. The maximum absolute atomic E-state index is 5.54. The predicted octanol–water partition coefficient (Wildman–Crippen LogP) is 0.968. The molecule has 0 aromatic carbocycles. The number of nitrogens with zero attached hydrogens (tertiary/aromatic N) is 3. The lowest BCUT2D eigenvalue weighted by molar-refractivity contribution is 0.430. The summed E-state index contributed by atoms with van der Waals surface area (Å²) < 4.78 is 1.98. The molecule has 0 spiro atoms. The Morgan fingerprint density at radius 2 is 2.38 bits per heavy atom. The molecule has 2 unspecified atom stereocenters. The van der Waals surface area contributed by atoms with Crippen LogP contribution < -0.4 is 5.73 Å². The van der Waals surface area contributed by atoms with Gasteiger partial charge in [0.15, 0.2) is 0 Å². The molecule has 1 aliphatic carbocycles. The Balaban J connectivity index is 1.91. The molecule has 1 aromatic rings. The van der Waals surface area contributed by atoms with E-state index in [1.165, 1.54) is 19.3 Å². The summed E-state index contributed by atoms with van der Waals surface area (Å²) in [5, 5.41) is 4.17. The summed E-state index contributed by atoms with van der Waals surface area (Å²) in [6.45, 7) is 0.814. The molecular formula is C9H16N4. The average Bonchev–Trinajstić information content (AvgIpc) is 2.70. The van der Waals surface area contributed by atoms with E-state index in [-0.39, 0.29) is 0 Å². The lowest BCUT2D eigenvalue weighted by Gasteiger charge is -2.09. The third kappa shape index (κ3) is 1.88. The fourth-order valence-electron chi connectivity index (χ4n) is 2.19. The fraction of sp³-hybridized carbons (Fsp3) is 0.778. The molecule has 0 radical (unpaired) electrons. The first-order valence-electron chi connectivity index (χ1n) is 4.94. The fourth-order valence-corrected chi connectivity index (χ4v) is 2.19. The van der Waals surface area contributed by atoms with Crippen molar-refractivity contribution in [2.24, 2.45) is 11.7 Å². The molecule has 1 aliphatic rings. The van der Waals surface area contributed by atoms with E-state index in [4.69, 9.17) is 5.73 Å². The minimum absolute atomic E-state index is 0.569. The van der Waals surface area contributed by atoms with E-state index in [9.17, 15) is 0 Å². The monoisotopic (exact) mass is 180 g/mol. The number of hydrogen-bond acceptors (Lipinski definition) is 3. The highest BCUT2D eigenvalue weighted by atomic mass is 15.3. The van der Waals surface area contributed by atoms with Crippen molar-refractivity contribution < 1.29 is 0 Å². The van der Waals surface area contributed by atoms with E-state index in [0.29, 0.717) is 6.04 Å². The largest absolute Gasteiger partial charge is 0.330 e. The van der Waals surface area contributed by atoms with E-state index in [1.54, 1.807) is 6.33 Å². The van der Waals surface area contributed by atoms with Crippen LogP contribution in [0.2, 0.25) is 0 Å². The maximum atomic E-state index is 5.54.